The second-order valence-corrected chi connectivity index (χ2v) is 6.31. The van der Waals surface area contributed by atoms with E-state index in [0.29, 0.717) is 28.9 Å². The Hall–Kier alpha value is -3.94. The standard InChI is InChI=1S/C21H17N3O5/c1-2-13-8-15-18(9-17(13)29-11-19(25)26)28-10-16(20(15)27)21-23-22-12-24(21)14-6-4-3-5-7-14/h3-10,12H,2,11H2,1H3,(H,25,26)/p-1. The Bertz CT molecular complexity index is 1240. The number of para-hydroxylation sites is 1. The summed E-state index contributed by atoms with van der Waals surface area (Å²) in [4.78, 5) is 23.9. The third kappa shape index (κ3) is 3.47. The molecule has 146 valence electrons. The van der Waals surface area contributed by atoms with Gasteiger partial charge in [-0.15, -0.1) is 10.2 Å². The topological polar surface area (TPSA) is 110 Å². The van der Waals surface area contributed by atoms with E-state index in [0.717, 1.165) is 5.69 Å². The van der Waals surface area contributed by atoms with Gasteiger partial charge in [0.05, 0.1) is 11.4 Å². The number of carboxylic acids is 1. The van der Waals surface area contributed by atoms with Crippen LogP contribution in [0, 0.1) is 0 Å². The van der Waals surface area contributed by atoms with E-state index >= 15 is 0 Å². The van der Waals surface area contributed by atoms with Crippen LogP contribution in [0.3, 0.4) is 0 Å². The predicted octanol–water partition coefficient (Wildman–Crippen LogP) is 1.73. The highest BCUT2D eigenvalue weighted by molar-refractivity contribution is 5.83. The number of aryl methyl sites for hydroxylation is 1. The van der Waals surface area contributed by atoms with Gasteiger partial charge >= 0.3 is 0 Å². The van der Waals surface area contributed by atoms with Crippen LogP contribution in [0.4, 0.5) is 0 Å². The van der Waals surface area contributed by atoms with Crippen molar-refractivity contribution in [1.82, 2.24) is 14.8 Å². The number of carbonyl (C=O) groups excluding carboxylic acids is 1. The molecule has 0 radical (unpaired) electrons. The Morgan fingerprint density at radius 1 is 1.24 bits per heavy atom. The van der Waals surface area contributed by atoms with Gasteiger partial charge in [0.25, 0.3) is 0 Å². The zero-order valence-corrected chi connectivity index (χ0v) is 15.5. The summed E-state index contributed by atoms with van der Waals surface area (Å²) < 4.78 is 12.6. The van der Waals surface area contributed by atoms with E-state index in [1.807, 2.05) is 37.3 Å². The fourth-order valence-corrected chi connectivity index (χ4v) is 3.10. The minimum atomic E-state index is -1.33. The number of carboxylic acid groups (broad SMARTS) is 1. The molecule has 2 aromatic carbocycles. The maximum absolute atomic E-state index is 13.2. The summed E-state index contributed by atoms with van der Waals surface area (Å²) in [5, 5.41) is 19.1. The number of hydrogen-bond acceptors (Lipinski definition) is 7. The lowest BCUT2D eigenvalue weighted by Crippen LogP contribution is -2.29. The van der Waals surface area contributed by atoms with Crippen molar-refractivity contribution in [1.29, 1.82) is 0 Å². The van der Waals surface area contributed by atoms with Crippen molar-refractivity contribution in [3.8, 4) is 22.8 Å². The number of aliphatic carboxylic acids is 1. The fourth-order valence-electron chi connectivity index (χ4n) is 3.10. The predicted molar refractivity (Wildman–Crippen MR) is 103 cm³/mol. The molecule has 2 aromatic heterocycles. The van der Waals surface area contributed by atoms with Crippen LogP contribution in [0.5, 0.6) is 5.75 Å². The van der Waals surface area contributed by atoms with Crippen LogP contribution < -0.4 is 15.3 Å². The van der Waals surface area contributed by atoms with Crippen LogP contribution in [0.1, 0.15) is 12.5 Å². The molecule has 2 heterocycles. The smallest absolute Gasteiger partial charge is 0.203 e. The molecule has 29 heavy (non-hydrogen) atoms. The normalized spacial score (nSPS) is 10.9. The van der Waals surface area contributed by atoms with Gasteiger partial charge in [0, 0.05) is 11.8 Å². The second-order valence-electron chi connectivity index (χ2n) is 6.31. The van der Waals surface area contributed by atoms with Crippen molar-refractivity contribution < 1.29 is 19.1 Å². The molecule has 0 unspecified atom stereocenters. The van der Waals surface area contributed by atoms with Gasteiger partial charge in [-0.2, -0.15) is 0 Å². The maximum atomic E-state index is 13.2. The quantitative estimate of drug-likeness (QED) is 0.493. The molecule has 4 rings (SSSR count). The van der Waals surface area contributed by atoms with E-state index in [-0.39, 0.29) is 16.6 Å². The molecule has 0 spiro atoms. The van der Waals surface area contributed by atoms with Gasteiger partial charge in [-0.25, -0.2) is 0 Å². The van der Waals surface area contributed by atoms with Gasteiger partial charge in [-0.3, -0.25) is 9.36 Å². The van der Waals surface area contributed by atoms with Crippen LogP contribution in [-0.4, -0.2) is 27.3 Å². The van der Waals surface area contributed by atoms with Crippen LogP contribution >= 0.6 is 0 Å². The molecular weight excluding hydrogens is 374 g/mol. The molecule has 0 bridgehead atoms. The first-order chi connectivity index (χ1) is 14.1. The highest BCUT2D eigenvalue weighted by atomic mass is 16.5. The summed E-state index contributed by atoms with van der Waals surface area (Å²) in [5.74, 6) is -0.626. The molecule has 4 aromatic rings. The Balaban J connectivity index is 1.84. The lowest BCUT2D eigenvalue weighted by Gasteiger charge is -2.12. The van der Waals surface area contributed by atoms with Gasteiger partial charge in [0.1, 0.15) is 36.1 Å². The van der Waals surface area contributed by atoms with Gasteiger partial charge in [-0.1, -0.05) is 25.1 Å². The first-order valence-electron chi connectivity index (χ1n) is 8.95. The van der Waals surface area contributed by atoms with Crippen LogP contribution in [0.25, 0.3) is 28.0 Å². The molecule has 0 atom stereocenters. The van der Waals surface area contributed by atoms with Crippen molar-refractivity contribution in [2.75, 3.05) is 6.61 Å². The van der Waals surface area contributed by atoms with E-state index < -0.39 is 12.6 Å². The summed E-state index contributed by atoms with van der Waals surface area (Å²) in [7, 11) is 0. The van der Waals surface area contributed by atoms with Crippen molar-refractivity contribution >= 4 is 16.9 Å². The molecule has 0 aliphatic carbocycles. The number of carbonyl (C=O) groups is 1. The highest BCUT2D eigenvalue weighted by Crippen LogP contribution is 2.27. The van der Waals surface area contributed by atoms with Crippen molar-refractivity contribution in [3.05, 3.63) is 70.8 Å². The molecule has 0 saturated heterocycles. The van der Waals surface area contributed by atoms with E-state index in [4.69, 9.17) is 9.15 Å². The van der Waals surface area contributed by atoms with E-state index in [9.17, 15) is 14.7 Å². The number of rotatable bonds is 6. The van der Waals surface area contributed by atoms with Crippen molar-refractivity contribution in [3.63, 3.8) is 0 Å². The van der Waals surface area contributed by atoms with E-state index in [1.165, 1.54) is 18.7 Å². The molecule has 8 nitrogen and oxygen atoms in total. The molecule has 8 heteroatoms. The number of hydrogen-bond donors (Lipinski definition) is 0. The zero-order valence-electron chi connectivity index (χ0n) is 15.5. The largest absolute Gasteiger partial charge is 0.546 e. The average Bonchev–Trinajstić information content (AvgIpc) is 3.22. The third-order valence-electron chi connectivity index (χ3n) is 4.51. The first-order valence-corrected chi connectivity index (χ1v) is 8.95. The summed E-state index contributed by atoms with van der Waals surface area (Å²) in [6.45, 7) is 1.30. The molecule has 0 aliphatic heterocycles. The summed E-state index contributed by atoms with van der Waals surface area (Å²) in [5.41, 5.74) is 1.79. The first kappa shape index (κ1) is 18.4. The summed E-state index contributed by atoms with van der Waals surface area (Å²) in [6.07, 6.45) is 3.40. The molecule has 0 fully saturated rings. The van der Waals surface area contributed by atoms with E-state index in [2.05, 4.69) is 10.2 Å². The monoisotopic (exact) mass is 390 g/mol. The van der Waals surface area contributed by atoms with Crippen LogP contribution in [-0.2, 0) is 11.2 Å². The SMILES string of the molecule is CCc1cc2c(=O)c(-c3nncn3-c3ccccc3)coc2cc1OCC(=O)[O-]. The van der Waals surface area contributed by atoms with E-state index in [1.54, 1.807) is 10.6 Å². The van der Waals surface area contributed by atoms with Crippen molar-refractivity contribution in [2.45, 2.75) is 13.3 Å². The number of benzene rings is 2. The Labute approximate surface area is 165 Å². The van der Waals surface area contributed by atoms with Crippen molar-refractivity contribution in [2.24, 2.45) is 0 Å². The minimum absolute atomic E-state index is 0.266. The number of nitrogens with zero attached hydrogens (tertiary/aromatic N) is 3. The van der Waals surface area contributed by atoms with Crippen LogP contribution in [0.2, 0.25) is 0 Å². The lowest BCUT2D eigenvalue weighted by molar-refractivity contribution is -0.307. The molecule has 0 saturated carbocycles. The van der Waals surface area contributed by atoms with Crippen LogP contribution in [0.15, 0.2) is 64.3 Å². The highest BCUT2D eigenvalue weighted by Gasteiger charge is 2.17. The molecular formula is C21H16N3O5-. The number of fused-ring (bicyclic) bond motifs is 1. The lowest BCUT2D eigenvalue weighted by atomic mass is 10.1. The molecule has 0 amide bonds. The minimum Gasteiger partial charge on any atom is -0.546 e. The second kappa shape index (κ2) is 7.59. The summed E-state index contributed by atoms with van der Waals surface area (Å²) in [6, 6.07) is 12.6. The number of ether oxygens (including phenoxy) is 1. The molecule has 0 aliphatic rings. The Morgan fingerprint density at radius 3 is 2.76 bits per heavy atom. The summed E-state index contributed by atoms with van der Waals surface area (Å²) >= 11 is 0. The number of aromatic nitrogens is 3. The Morgan fingerprint density at radius 2 is 2.03 bits per heavy atom. The maximum Gasteiger partial charge on any atom is 0.203 e. The fraction of sp³-hybridized carbons (Fsp3) is 0.143. The van der Waals surface area contributed by atoms with Gasteiger partial charge < -0.3 is 19.1 Å². The average molecular weight is 390 g/mol. The zero-order chi connectivity index (χ0) is 20.4. The van der Waals surface area contributed by atoms with Gasteiger partial charge in [-0.05, 0) is 30.2 Å². The molecule has 0 N–H and O–H groups in total. The van der Waals surface area contributed by atoms with Gasteiger partial charge in [0.2, 0.25) is 5.43 Å². The third-order valence-corrected chi connectivity index (χ3v) is 4.51. The Kier molecular flexibility index (Phi) is 4.82. The van der Waals surface area contributed by atoms with Gasteiger partial charge in [0.15, 0.2) is 5.82 Å².